The van der Waals surface area contributed by atoms with E-state index in [0.717, 1.165) is 22.3 Å². The van der Waals surface area contributed by atoms with E-state index in [4.69, 9.17) is 4.74 Å². The number of fused-ring (bicyclic) bond motifs is 3. The predicted octanol–water partition coefficient (Wildman–Crippen LogP) is 2.82. The molecule has 2 atom stereocenters. The van der Waals surface area contributed by atoms with E-state index in [2.05, 4.69) is 22.8 Å². The number of carboxylic acid groups (broad SMARTS) is 1. The van der Waals surface area contributed by atoms with E-state index in [0.29, 0.717) is 12.8 Å². The second-order valence-electron chi connectivity index (χ2n) is 8.47. The van der Waals surface area contributed by atoms with Crippen LogP contribution in [0.2, 0.25) is 0 Å². The molecule has 0 bridgehead atoms. The van der Waals surface area contributed by atoms with Gasteiger partial charge in [-0.25, -0.2) is 9.59 Å². The van der Waals surface area contributed by atoms with Crippen LogP contribution < -0.4 is 10.6 Å². The van der Waals surface area contributed by atoms with Crippen molar-refractivity contribution in [2.24, 2.45) is 0 Å². The first-order chi connectivity index (χ1) is 15.8. The Morgan fingerprint density at radius 2 is 1.55 bits per heavy atom. The second-order valence-corrected chi connectivity index (χ2v) is 8.47. The van der Waals surface area contributed by atoms with Gasteiger partial charge >= 0.3 is 12.1 Å². The summed E-state index contributed by atoms with van der Waals surface area (Å²) in [6.07, 6.45) is 0.294. The molecule has 0 heterocycles. The maximum absolute atomic E-state index is 12.7. The highest BCUT2D eigenvalue weighted by atomic mass is 16.5. The molecule has 1 aliphatic carbocycles. The van der Waals surface area contributed by atoms with Gasteiger partial charge in [-0.3, -0.25) is 4.79 Å². The molecule has 3 rings (SSSR count). The Bertz CT molecular complexity index is 962. The van der Waals surface area contributed by atoms with Crippen molar-refractivity contribution in [2.75, 3.05) is 27.2 Å². The van der Waals surface area contributed by atoms with Crippen molar-refractivity contribution in [1.29, 1.82) is 0 Å². The molecule has 33 heavy (non-hydrogen) atoms. The third-order valence-electron chi connectivity index (χ3n) is 5.69. The summed E-state index contributed by atoms with van der Waals surface area (Å²) in [5.74, 6) is -1.76. The first kappa shape index (κ1) is 24.3. The van der Waals surface area contributed by atoms with Crippen molar-refractivity contribution >= 4 is 18.0 Å². The van der Waals surface area contributed by atoms with E-state index in [1.54, 1.807) is 19.0 Å². The summed E-state index contributed by atoms with van der Waals surface area (Å²) in [5.41, 5.74) is 4.46. The number of aliphatic carboxylic acids is 1. The molecule has 0 unspecified atom stereocenters. The SMILES string of the molecule is CCC[C@H](NC(=O)OCC1c2ccccc2-c2ccccc21)C(=O)N[C@@H](CN(C)C)C(=O)O. The van der Waals surface area contributed by atoms with Crippen molar-refractivity contribution in [3.8, 4) is 11.1 Å². The normalized spacial score (nSPS) is 14.2. The molecule has 3 N–H and O–H groups in total. The number of carbonyl (C=O) groups excluding carboxylic acids is 2. The van der Waals surface area contributed by atoms with Gasteiger partial charge in [-0.1, -0.05) is 61.9 Å². The predicted molar refractivity (Wildman–Crippen MR) is 125 cm³/mol. The smallest absolute Gasteiger partial charge is 0.407 e. The van der Waals surface area contributed by atoms with Crippen LogP contribution in [0.3, 0.4) is 0 Å². The van der Waals surface area contributed by atoms with Crippen LogP contribution in [0.15, 0.2) is 48.5 Å². The molecule has 0 saturated heterocycles. The number of amides is 2. The van der Waals surface area contributed by atoms with E-state index in [9.17, 15) is 19.5 Å². The average Bonchev–Trinajstić information content (AvgIpc) is 3.10. The standard InChI is InChI=1S/C25H31N3O5/c1-4-9-21(23(29)26-22(24(30)31)14-28(2)3)27-25(32)33-15-20-18-12-7-5-10-16(18)17-11-6-8-13-19(17)20/h5-8,10-13,20-22H,4,9,14-15H2,1-3H3,(H,26,29)(H,27,32)(H,30,31)/t21-,22-/m0/s1. The first-order valence-electron chi connectivity index (χ1n) is 11.1. The summed E-state index contributed by atoms with van der Waals surface area (Å²) in [6, 6.07) is 14.1. The van der Waals surface area contributed by atoms with E-state index in [1.165, 1.54) is 0 Å². The number of carbonyl (C=O) groups is 3. The minimum Gasteiger partial charge on any atom is -0.480 e. The molecular formula is C25H31N3O5. The number of alkyl carbamates (subject to hydrolysis) is 1. The third kappa shape index (κ3) is 5.90. The van der Waals surface area contributed by atoms with Gasteiger partial charge in [0.15, 0.2) is 0 Å². The summed E-state index contributed by atoms with van der Waals surface area (Å²) in [6.45, 7) is 2.16. The fraction of sp³-hybridized carbons (Fsp3) is 0.400. The summed E-state index contributed by atoms with van der Waals surface area (Å²) >= 11 is 0. The molecular weight excluding hydrogens is 422 g/mol. The number of nitrogens with one attached hydrogen (secondary N) is 2. The highest BCUT2D eigenvalue weighted by molar-refractivity contribution is 5.89. The number of rotatable bonds is 10. The van der Waals surface area contributed by atoms with Crippen LogP contribution in [0, 0.1) is 0 Å². The van der Waals surface area contributed by atoms with Gasteiger partial charge in [0, 0.05) is 12.5 Å². The molecule has 2 aromatic carbocycles. The zero-order valence-electron chi connectivity index (χ0n) is 19.2. The lowest BCUT2D eigenvalue weighted by Crippen LogP contribution is -2.54. The highest BCUT2D eigenvalue weighted by Crippen LogP contribution is 2.44. The summed E-state index contributed by atoms with van der Waals surface area (Å²) in [5, 5.41) is 14.5. The Balaban J connectivity index is 1.64. The Morgan fingerprint density at radius 1 is 0.970 bits per heavy atom. The van der Waals surface area contributed by atoms with Gasteiger partial charge < -0.3 is 25.4 Å². The Morgan fingerprint density at radius 3 is 2.06 bits per heavy atom. The molecule has 0 saturated carbocycles. The lowest BCUT2D eigenvalue weighted by Gasteiger charge is -2.23. The van der Waals surface area contributed by atoms with Gasteiger partial charge in [0.05, 0.1) is 0 Å². The van der Waals surface area contributed by atoms with Gasteiger partial charge in [0.2, 0.25) is 5.91 Å². The van der Waals surface area contributed by atoms with Crippen LogP contribution in [0.4, 0.5) is 4.79 Å². The van der Waals surface area contributed by atoms with Gasteiger partial charge in [-0.15, -0.1) is 0 Å². The van der Waals surface area contributed by atoms with E-state index in [1.807, 2.05) is 43.3 Å². The fourth-order valence-corrected chi connectivity index (χ4v) is 4.16. The number of ether oxygens (including phenoxy) is 1. The molecule has 0 aromatic heterocycles. The van der Waals surface area contributed by atoms with Crippen molar-refractivity contribution in [3.05, 3.63) is 59.7 Å². The van der Waals surface area contributed by atoms with E-state index < -0.39 is 30.1 Å². The molecule has 1 aliphatic rings. The monoisotopic (exact) mass is 453 g/mol. The van der Waals surface area contributed by atoms with E-state index >= 15 is 0 Å². The summed E-state index contributed by atoms with van der Waals surface area (Å²) in [4.78, 5) is 38.4. The van der Waals surface area contributed by atoms with Crippen LogP contribution in [-0.2, 0) is 14.3 Å². The lowest BCUT2D eigenvalue weighted by molar-refractivity contribution is -0.142. The zero-order chi connectivity index (χ0) is 24.0. The lowest BCUT2D eigenvalue weighted by atomic mass is 9.98. The van der Waals surface area contributed by atoms with Crippen molar-refractivity contribution < 1.29 is 24.2 Å². The number of likely N-dealkylation sites (N-methyl/N-ethyl adjacent to an activating group) is 1. The Hall–Kier alpha value is -3.39. The van der Waals surface area contributed by atoms with Crippen LogP contribution in [0.1, 0.15) is 36.8 Å². The van der Waals surface area contributed by atoms with Crippen LogP contribution in [0.5, 0.6) is 0 Å². The largest absolute Gasteiger partial charge is 0.480 e. The number of hydrogen-bond acceptors (Lipinski definition) is 5. The first-order valence-corrected chi connectivity index (χ1v) is 11.1. The summed E-state index contributed by atoms with van der Waals surface area (Å²) < 4.78 is 5.53. The quantitative estimate of drug-likeness (QED) is 0.511. The van der Waals surface area contributed by atoms with Crippen molar-refractivity contribution in [1.82, 2.24) is 15.5 Å². The summed E-state index contributed by atoms with van der Waals surface area (Å²) in [7, 11) is 3.45. The minimum absolute atomic E-state index is 0.0851. The topological polar surface area (TPSA) is 108 Å². The maximum Gasteiger partial charge on any atom is 0.407 e. The van der Waals surface area contributed by atoms with Gasteiger partial charge in [-0.2, -0.15) is 0 Å². The van der Waals surface area contributed by atoms with Crippen LogP contribution in [-0.4, -0.2) is 67.3 Å². The maximum atomic E-state index is 12.7. The zero-order valence-corrected chi connectivity index (χ0v) is 19.2. The minimum atomic E-state index is -1.13. The third-order valence-corrected chi connectivity index (χ3v) is 5.69. The van der Waals surface area contributed by atoms with E-state index in [-0.39, 0.29) is 19.1 Å². The number of hydrogen-bond donors (Lipinski definition) is 3. The number of nitrogens with zero attached hydrogens (tertiary/aromatic N) is 1. The van der Waals surface area contributed by atoms with Crippen molar-refractivity contribution in [3.63, 3.8) is 0 Å². The molecule has 8 nitrogen and oxygen atoms in total. The van der Waals surface area contributed by atoms with Crippen LogP contribution >= 0.6 is 0 Å². The molecule has 2 aromatic rings. The molecule has 0 spiro atoms. The van der Waals surface area contributed by atoms with Gasteiger partial charge in [-0.05, 0) is 42.8 Å². The second kappa shape index (κ2) is 11.0. The average molecular weight is 454 g/mol. The van der Waals surface area contributed by atoms with Gasteiger partial charge in [0.25, 0.3) is 0 Å². The molecule has 176 valence electrons. The molecule has 0 radical (unpaired) electrons. The number of carboxylic acids is 1. The van der Waals surface area contributed by atoms with Crippen molar-refractivity contribution in [2.45, 2.75) is 37.8 Å². The molecule has 0 aliphatic heterocycles. The molecule has 0 fully saturated rings. The van der Waals surface area contributed by atoms with Crippen LogP contribution in [0.25, 0.3) is 11.1 Å². The Labute approximate surface area is 193 Å². The highest BCUT2D eigenvalue weighted by Gasteiger charge is 2.30. The van der Waals surface area contributed by atoms with Gasteiger partial charge in [0.1, 0.15) is 18.7 Å². The fourth-order valence-electron chi connectivity index (χ4n) is 4.16. The molecule has 8 heteroatoms. The number of benzene rings is 2. The molecule has 2 amide bonds. The Kier molecular flexibility index (Phi) is 8.06.